The molecule has 21 heavy (non-hydrogen) atoms. The summed E-state index contributed by atoms with van der Waals surface area (Å²) < 4.78 is 6.09. The molecule has 0 spiro atoms. The van der Waals surface area contributed by atoms with Crippen molar-refractivity contribution in [2.75, 3.05) is 11.9 Å². The highest BCUT2D eigenvalue weighted by Gasteiger charge is 2.49. The summed E-state index contributed by atoms with van der Waals surface area (Å²) in [6, 6.07) is 5.64. The fourth-order valence-corrected chi connectivity index (χ4v) is 3.26. The summed E-state index contributed by atoms with van der Waals surface area (Å²) in [7, 11) is 0. The van der Waals surface area contributed by atoms with Gasteiger partial charge in [0.05, 0.1) is 6.61 Å². The number of amides is 1. The van der Waals surface area contributed by atoms with Gasteiger partial charge in [-0.1, -0.05) is 28.8 Å². The van der Waals surface area contributed by atoms with Gasteiger partial charge in [-0.2, -0.15) is 0 Å². The predicted molar refractivity (Wildman–Crippen MR) is 85.0 cm³/mol. The van der Waals surface area contributed by atoms with E-state index in [9.17, 15) is 9.59 Å². The Balaban J connectivity index is 2.21. The van der Waals surface area contributed by atoms with Crippen LogP contribution >= 0.6 is 15.9 Å². The quantitative estimate of drug-likeness (QED) is 0.661. The summed E-state index contributed by atoms with van der Waals surface area (Å²) in [6.07, 6.45) is 2.89. The fourth-order valence-electron chi connectivity index (χ4n) is 2.78. The number of hydrogen-bond donors (Lipinski definition) is 1. The number of benzene rings is 1. The topological polar surface area (TPSA) is 55.4 Å². The lowest BCUT2D eigenvalue weighted by molar-refractivity contribution is -0.159. The minimum Gasteiger partial charge on any atom is -0.465 e. The molecular weight excluding hydrogens is 334 g/mol. The minimum atomic E-state index is -1.02. The predicted octanol–water partition coefficient (Wildman–Crippen LogP) is 3.82. The molecule has 0 unspecified atom stereocenters. The van der Waals surface area contributed by atoms with Crippen LogP contribution in [-0.2, 0) is 14.3 Å². The normalized spacial score (nSPS) is 16.5. The van der Waals surface area contributed by atoms with Crippen LogP contribution in [0.1, 0.15) is 38.2 Å². The number of nitrogens with one attached hydrogen (secondary N) is 1. The Hall–Kier alpha value is -1.36. The Labute approximate surface area is 133 Å². The number of esters is 1. The lowest BCUT2D eigenvalue weighted by atomic mass is 9.85. The van der Waals surface area contributed by atoms with Gasteiger partial charge in [0.25, 0.3) is 0 Å². The number of carbonyl (C=O) groups is 2. The van der Waals surface area contributed by atoms with Crippen molar-refractivity contribution in [3.63, 3.8) is 0 Å². The molecule has 0 radical (unpaired) electrons. The highest BCUT2D eigenvalue weighted by Crippen LogP contribution is 2.40. The molecule has 5 heteroatoms. The molecule has 1 amide bonds. The number of ether oxygens (including phenoxy) is 1. The number of aryl methyl sites for hydroxylation is 1. The second kappa shape index (κ2) is 6.60. The molecule has 0 aliphatic heterocycles. The van der Waals surface area contributed by atoms with Crippen molar-refractivity contribution in [2.24, 2.45) is 5.41 Å². The van der Waals surface area contributed by atoms with Crippen molar-refractivity contribution >= 4 is 33.5 Å². The molecule has 1 aromatic carbocycles. The second-order valence-corrected chi connectivity index (χ2v) is 6.34. The first-order valence-electron chi connectivity index (χ1n) is 7.24. The molecule has 0 aromatic heterocycles. The number of halogens is 1. The summed E-state index contributed by atoms with van der Waals surface area (Å²) in [5.74, 6) is -0.640. The standard InChI is InChI=1S/C16H20BrNO3/c1-3-21-15(20)16(8-4-5-9-16)14(19)18-13-7-6-12(17)10-11(13)2/h6-7,10H,3-5,8-9H2,1-2H3,(H,18,19). The van der Waals surface area contributed by atoms with Crippen molar-refractivity contribution in [1.29, 1.82) is 0 Å². The van der Waals surface area contributed by atoms with E-state index in [0.717, 1.165) is 28.6 Å². The smallest absolute Gasteiger partial charge is 0.321 e. The van der Waals surface area contributed by atoms with Gasteiger partial charge in [-0.3, -0.25) is 9.59 Å². The first kappa shape index (κ1) is 16.0. The van der Waals surface area contributed by atoms with E-state index in [1.54, 1.807) is 6.92 Å². The number of carbonyl (C=O) groups excluding carboxylic acids is 2. The SMILES string of the molecule is CCOC(=O)C1(C(=O)Nc2ccc(Br)cc2C)CCCC1. The van der Waals surface area contributed by atoms with Crippen molar-refractivity contribution in [2.45, 2.75) is 39.5 Å². The molecule has 1 N–H and O–H groups in total. The second-order valence-electron chi connectivity index (χ2n) is 5.42. The Bertz CT molecular complexity index is 550. The number of hydrogen-bond acceptors (Lipinski definition) is 3. The molecule has 0 atom stereocenters. The largest absolute Gasteiger partial charge is 0.465 e. The first-order chi connectivity index (χ1) is 9.99. The van der Waals surface area contributed by atoms with Gasteiger partial charge in [0.1, 0.15) is 5.41 Å². The molecule has 114 valence electrons. The van der Waals surface area contributed by atoms with E-state index in [4.69, 9.17) is 4.74 Å². The molecular formula is C16H20BrNO3. The van der Waals surface area contributed by atoms with Crippen LogP contribution in [-0.4, -0.2) is 18.5 Å². The monoisotopic (exact) mass is 353 g/mol. The average Bonchev–Trinajstić information content (AvgIpc) is 2.93. The molecule has 0 saturated heterocycles. The van der Waals surface area contributed by atoms with Crippen LogP contribution in [0.25, 0.3) is 0 Å². The van der Waals surface area contributed by atoms with Gasteiger partial charge in [-0.05, 0) is 50.5 Å². The molecule has 1 fully saturated rings. The van der Waals surface area contributed by atoms with Crippen LogP contribution in [0.5, 0.6) is 0 Å². The zero-order chi connectivity index (χ0) is 15.5. The van der Waals surface area contributed by atoms with Crippen LogP contribution in [0.2, 0.25) is 0 Å². The van der Waals surface area contributed by atoms with Crippen molar-refractivity contribution < 1.29 is 14.3 Å². The zero-order valence-electron chi connectivity index (χ0n) is 12.4. The molecule has 0 bridgehead atoms. The molecule has 2 rings (SSSR count). The molecule has 1 aliphatic rings. The van der Waals surface area contributed by atoms with E-state index in [1.807, 2.05) is 25.1 Å². The number of anilines is 1. The summed E-state index contributed by atoms with van der Waals surface area (Å²) in [6.45, 7) is 3.98. The van der Waals surface area contributed by atoms with Crippen molar-refractivity contribution in [1.82, 2.24) is 0 Å². The third-order valence-electron chi connectivity index (χ3n) is 3.99. The average molecular weight is 354 g/mol. The first-order valence-corrected chi connectivity index (χ1v) is 8.04. The summed E-state index contributed by atoms with van der Waals surface area (Å²) in [5, 5.41) is 2.90. The lowest BCUT2D eigenvalue weighted by Crippen LogP contribution is -2.42. The highest BCUT2D eigenvalue weighted by molar-refractivity contribution is 9.10. The van der Waals surface area contributed by atoms with Gasteiger partial charge in [0, 0.05) is 10.2 Å². The molecule has 4 nitrogen and oxygen atoms in total. The van der Waals surface area contributed by atoms with Gasteiger partial charge in [0.2, 0.25) is 5.91 Å². The van der Waals surface area contributed by atoms with E-state index < -0.39 is 11.4 Å². The molecule has 1 aliphatic carbocycles. The molecule has 1 saturated carbocycles. The van der Waals surface area contributed by atoms with Crippen molar-refractivity contribution in [3.05, 3.63) is 28.2 Å². The Morgan fingerprint density at radius 3 is 2.57 bits per heavy atom. The maximum atomic E-state index is 12.7. The van der Waals surface area contributed by atoms with Crippen LogP contribution in [0.15, 0.2) is 22.7 Å². The Morgan fingerprint density at radius 2 is 2.00 bits per heavy atom. The third kappa shape index (κ3) is 3.28. The minimum absolute atomic E-state index is 0.246. The molecule has 0 heterocycles. The maximum Gasteiger partial charge on any atom is 0.321 e. The summed E-state index contributed by atoms with van der Waals surface area (Å²) in [5.41, 5.74) is 0.670. The van der Waals surface area contributed by atoms with E-state index in [-0.39, 0.29) is 5.91 Å². The molecule has 1 aromatic rings. The van der Waals surface area contributed by atoms with Crippen molar-refractivity contribution in [3.8, 4) is 0 Å². The van der Waals surface area contributed by atoms with Crippen LogP contribution in [0.4, 0.5) is 5.69 Å². The van der Waals surface area contributed by atoms with E-state index in [1.165, 1.54) is 0 Å². The van der Waals surface area contributed by atoms with E-state index in [0.29, 0.717) is 19.4 Å². The van der Waals surface area contributed by atoms with Gasteiger partial charge >= 0.3 is 5.97 Å². The zero-order valence-corrected chi connectivity index (χ0v) is 14.0. The van der Waals surface area contributed by atoms with E-state index in [2.05, 4.69) is 21.2 Å². The van der Waals surface area contributed by atoms with Gasteiger partial charge in [-0.25, -0.2) is 0 Å². The third-order valence-corrected chi connectivity index (χ3v) is 4.49. The maximum absolute atomic E-state index is 12.7. The number of rotatable bonds is 4. The fraction of sp³-hybridized carbons (Fsp3) is 0.500. The summed E-state index contributed by atoms with van der Waals surface area (Å²) in [4.78, 5) is 24.9. The van der Waals surface area contributed by atoms with E-state index >= 15 is 0 Å². The lowest BCUT2D eigenvalue weighted by Gasteiger charge is -2.25. The van der Waals surface area contributed by atoms with Gasteiger partial charge in [0.15, 0.2) is 0 Å². The van der Waals surface area contributed by atoms with Gasteiger partial charge in [-0.15, -0.1) is 0 Å². The van der Waals surface area contributed by atoms with Crippen LogP contribution in [0.3, 0.4) is 0 Å². The van der Waals surface area contributed by atoms with Crippen LogP contribution < -0.4 is 5.32 Å². The Morgan fingerprint density at radius 1 is 1.33 bits per heavy atom. The summed E-state index contributed by atoms with van der Waals surface area (Å²) >= 11 is 3.40. The van der Waals surface area contributed by atoms with Gasteiger partial charge < -0.3 is 10.1 Å². The van der Waals surface area contributed by atoms with Crippen LogP contribution in [0, 0.1) is 12.3 Å². The highest BCUT2D eigenvalue weighted by atomic mass is 79.9. The Kier molecular flexibility index (Phi) is 5.04.